The SMILES string of the molecule is Cc1nc(COc2ccc(F)cc2)sc1C(=O)NC1COC(C)C1. The van der Waals surface area contributed by atoms with Crippen LogP contribution in [0.1, 0.15) is 33.7 Å². The quantitative estimate of drug-likeness (QED) is 0.900. The standard InChI is InChI=1S/C17H19FN2O3S/c1-10-7-13(8-22-10)20-17(21)16-11(2)19-15(24-16)9-23-14-5-3-12(18)4-6-14/h3-6,10,13H,7-9H2,1-2H3,(H,20,21). The summed E-state index contributed by atoms with van der Waals surface area (Å²) in [5, 5.41) is 3.69. The van der Waals surface area contributed by atoms with Crippen molar-refractivity contribution in [3.05, 3.63) is 45.7 Å². The average molecular weight is 350 g/mol. The summed E-state index contributed by atoms with van der Waals surface area (Å²) in [6.45, 7) is 4.59. The highest BCUT2D eigenvalue weighted by molar-refractivity contribution is 7.13. The number of hydrogen-bond acceptors (Lipinski definition) is 5. The molecule has 1 aliphatic rings. The van der Waals surface area contributed by atoms with Gasteiger partial charge in [0, 0.05) is 0 Å². The summed E-state index contributed by atoms with van der Waals surface area (Å²) >= 11 is 1.31. The van der Waals surface area contributed by atoms with Crippen LogP contribution in [0.3, 0.4) is 0 Å². The molecule has 2 unspecified atom stereocenters. The molecule has 5 nitrogen and oxygen atoms in total. The molecular weight excluding hydrogens is 331 g/mol. The molecule has 128 valence electrons. The fourth-order valence-electron chi connectivity index (χ4n) is 2.57. The summed E-state index contributed by atoms with van der Waals surface area (Å²) in [6, 6.07) is 5.85. The molecule has 1 aliphatic heterocycles. The highest BCUT2D eigenvalue weighted by Gasteiger charge is 2.25. The van der Waals surface area contributed by atoms with E-state index >= 15 is 0 Å². The average Bonchev–Trinajstić information content (AvgIpc) is 3.12. The monoisotopic (exact) mass is 350 g/mol. The number of ether oxygens (including phenoxy) is 2. The highest BCUT2D eigenvalue weighted by atomic mass is 32.1. The molecule has 1 amide bonds. The van der Waals surface area contributed by atoms with Gasteiger partial charge in [-0.2, -0.15) is 0 Å². The molecule has 2 aromatic rings. The van der Waals surface area contributed by atoms with Gasteiger partial charge in [0.15, 0.2) is 0 Å². The van der Waals surface area contributed by atoms with E-state index in [1.807, 2.05) is 6.92 Å². The Morgan fingerprint density at radius 2 is 2.21 bits per heavy atom. The second-order valence-electron chi connectivity index (χ2n) is 5.81. The van der Waals surface area contributed by atoms with Crippen molar-refractivity contribution in [2.24, 2.45) is 0 Å². The Hall–Kier alpha value is -1.99. The predicted octanol–water partition coefficient (Wildman–Crippen LogP) is 3.08. The largest absolute Gasteiger partial charge is 0.486 e. The predicted molar refractivity (Wildman–Crippen MR) is 88.9 cm³/mol. The Balaban J connectivity index is 1.59. The molecule has 0 spiro atoms. The van der Waals surface area contributed by atoms with E-state index in [4.69, 9.17) is 9.47 Å². The summed E-state index contributed by atoms with van der Waals surface area (Å²) in [4.78, 5) is 17.3. The number of nitrogens with one attached hydrogen (secondary N) is 1. The fourth-order valence-corrected chi connectivity index (χ4v) is 3.45. The first-order valence-electron chi connectivity index (χ1n) is 7.78. The molecule has 1 fully saturated rings. The van der Waals surface area contributed by atoms with Crippen LogP contribution in [0.2, 0.25) is 0 Å². The highest BCUT2D eigenvalue weighted by Crippen LogP contribution is 2.21. The second-order valence-corrected chi connectivity index (χ2v) is 6.90. The lowest BCUT2D eigenvalue weighted by Gasteiger charge is -2.09. The summed E-state index contributed by atoms with van der Waals surface area (Å²) < 4.78 is 23.9. The molecule has 0 bridgehead atoms. The molecule has 1 aromatic heterocycles. The maximum absolute atomic E-state index is 12.9. The maximum Gasteiger partial charge on any atom is 0.263 e. The molecule has 0 aliphatic carbocycles. The summed E-state index contributed by atoms with van der Waals surface area (Å²) in [5.74, 6) is 0.129. The number of aromatic nitrogens is 1. The van der Waals surface area contributed by atoms with Crippen LogP contribution >= 0.6 is 11.3 Å². The van der Waals surface area contributed by atoms with Crippen molar-refractivity contribution in [1.29, 1.82) is 0 Å². The van der Waals surface area contributed by atoms with Crippen molar-refractivity contribution >= 4 is 17.2 Å². The molecule has 1 aromatic carbocycles. The van der Waals surface area contributed by atoms with Gasteiger partial charge in [-0.3, -0.25) is 4.79 Å². The van der Waals surface area contributed by atoms with Crippen LogP contribution in [0, 0.1) is 12.7 Å². The number of rotatable bonds is 5. The normalized spacial score (nSPS) is 20.1. The van der Waals surface area contributed by atoms with E-state index in [0.29, 0.717) is 27.9 Å². The van der Waals surface area contributed by atoms with E-state index in [1.54, 1.807) is 19.1 Å². The zero-order valence-electron chi connectivity index (χ0n) is 13.5. The van der Waals surface area contributed by atoms with E-state index < -0.39 is 0 Å². The van der Waals surface area contributed by atoms with E-state index in [1.165, 1.54) is 23.5 Å². The van der Waals surface area contributed by atoms with Gasteiger partial charge in [-0.25, -0.2) is 9.37 Å². The lowest BCUT2D eigenvalue weighted by atomic mass is 10.2. The number of aryl methyl sites for hydroxylation is 1. The Labute approximate surface area is 143 Å². The zero-order valence-corrected chi connectivity index (χ0v) is 14.4. The van der Waals surface area contributed by atoms with Gasteiger partial charge < -0.3 is 14.8 Å². The minimum atomic E-state index is -0.309. The van der Waals surface area contributed by atoms with Crippen LogP contribution < -0.4 is 10.1 Å². The molecule has 0 radical (unpaired) electrons. The minimum Gasteiger partial charge on any atom is -0.486 e. The van der Waals surface area contributed by atoms with Crippen molar-refractivity contribution in [1.82, 2.24) is 10.3 Å². The van der Waals surface area contributed by atoms with Crippen LogP contribution in [0.25, 0.3) is 0 Å². The van der Waals surface area contributed by atoms with E-state index in [0.717, 1.165) is 6.42 Å². The van der Waals surface area contributed by atoms with Crippen LogP contribution in [0.4, 0.5) is 4.39 Å². The Morgan fingerprint density at radius 1 is 1.46 bits per heavy atom. The van der Waals surface area contributed by atoms with Crippen molar-refractivity contribution in [2.45, 2.75) is 39.0 Å². The molecular formula is C17H19FN2O3S. The molecule has 0 saturated carbocycles. The van der Waals surface area contributed by atoms with Gasteiger partial charge in [0.1, 0.15) is 28.1 Å². The van der Waals surface area contributed by atoms with E-state index in [9.17, 15) is 9.18 Å². The third kappa shape index (κ3) is 4.10. The molecule has 2 atom stereocenters. The van der Waals surface area contributed by atoms with E-state index in [-0.39, 0.29) is 30.5 Å². The van der Waals surface area contributed by atoms with Gasteiger partial charge in [0.25, 0.3) is 5.91 Å². The molecule has 24 heavy (non-hydrogen) atoms. The Kier molecular flexibility index (Phi) is 5.11. The Morgan fingerprint density at radius 3 is 2.88 bits per heavy atom. The summed E-state index contributed by atoms with van der Waals surface area (Å²) in [7, 11) is 0. The summed E-state index contributed by atoms with van der Waals surface area (Å²) in [6.07, 6.45) is 1.00. The lowest BCUT2D eigenvalue weighted by molar-refractivity contribution is 0.0922. The topological polar surface area (TPSA) is 60.5 Å². The molecule has 7 heteroatoms. The second kappa shape index (κ2) is 7.27. The first kappa shape index (κ1) is 16.9. The lowest BCUT2D eigenvalue weighted by Crippen LogP contribution is -2.35. The van der Waals surface area contributed by atoms with Crippen molar-refractivity contribution < 1.29 is 18.7 Å². The van der Waals surface area contributed by atoms with Crippen LogP contribution in [-0.4, -0.2) is 29.6 Å². The van der Waals surface area contributed by atoms with Crippen LogP contribution in [-0.2, 0) is 11.3 Å². The number of amides is 1. The van der Waals surface area contributed by atoms with Crippen molar-refractivity contribution in [2.75, 3.05) is 6.61 Å². The third-order valence-corrected chi connectivity index (χ3v) is 4.89. The number of benzene rings is 1. The molecule has 1 saturated heterocycles. The van der Waals surface area contributed by atoms with Gasteiger partial charge in [-0.05, 0) is 44.5 Å². The molecule has 3 rings (SSSR count). The van der Waals surface area contributed by atoms with E-state index in [2.05, 4.69) is 10.3 Å². The van der Waals surface area contributed by atoms with Crippen LogP contribution in [0.15, 0.2) is 24.3 Å². The number of thiazole rings is 1. The molecule has 2 heterocycles. The van der Waals surface area contributed by atoms with Gasteiger partial charge in [0.05, 0.1) is 24.4 Å². The van der Waals surface area contributed by atoms with Gasteiger partial charge in [0.2, 0.25) is 0 Å². The first-order chi connectivity index (χ1) is 11.5. The number of nitrogens with zero attached hydrogens (tertiary/aromatic N) is 1. The van der Waals surface area contributed by atoms with Gasteiger partial charge >= 0.3 is 0 Å². The zero-order chi connectivity index (χ0) is 17.1. The Bertz CT molecular complexity index is 717. The molecule has 1 N–H and O–H groups in total. The number of carbonyl (C=O) groups excluding carboxylic acids is 1. The smallest absolute Gasteiger partial charge is 0.263 e. The fraction of sp³-hybridized carbons (Fsp3) is 0.412. The summed E-state index contributed by atoms with van der Waals surface area (Å²) in [5.41, 5.74) is 0.683. The van der Waals surface area contributed by atoms with Crippen LogP contribution in [0.5, 0.6) is 5.75 Å². The number of carbonyl (C=O) groups is 1. The number of halogens is 1. The van der Waals surface area contributed by atoms with Gasteiger partial charge in [-0.15, -0.1) is 11.3 Å². The maximum atomic E-state index is 12.9. The number of hydrogen-bond donors (Lipinski definition) is 1. The first-order valence-corrected chi connectivity index (χ1v) is 8.60. The van der Waals surface area contributed by atoms with Crippen molar-refractivity contribution in [3.8, 4) is 5.75 Å². The van der Waals surface area contributed by atoms with Gasteiger partial charge in [-0.1, -0.05) is 0 Å². The minimum absolute atomic E-state index is 0.0490. The van der Waals surface area contributed by atoms with Crippen molar-refractivity contribution in [3.63, 3.8) is 0 Å². The third-order valence-electron chi connectivity index (χ3n) is 3.76.